The molecule has 3 heterocycles. The van der Waals surface area contributed by atoms with Crippen molar-refractivity contribution in [3.63, 3.8) is 0 Å². The number of carbonyl (C=O) groups is 1. The minimum absolute atomic E-state index is 0.227. The predicted octanol–water partition coefficient (Wildman–Crippen LogP) is 1.29. The van der Waals surface area contributed by atoms with Crippen molar-refractivity contribution in [2.45, 2.75) is 46.2 Å². The maximum Gasteiger partial charge on any atom is 0.222 e. The first-order valence-corrected chi connectivity index (χ1v) is 11.4. The Balaban J connectivity index is 1.58. The van der Waals surface area contributed by atoms with Crippen molar-refractivity contribution in [3.05, 3.63) is 23.9 Å². The summed E-state index contributed by atoms with van der Waals surface area (Å²) < 4.78 is 0. The molecule has 1 amide bonds. The number of likely N-dealkylation sites (tertiary alicyclic amines) is 1. The number of piperazine rings is 1. The summed E-state index contributed by atoms with van der Waals surface area (Å²) in [5, 5.41) is 6.83. The number of amides is 1. The first-order valence-electron chi connectivity index (χ1n) is 11.4. The van der Waals surface area contributed by atoms with Crippen LogP contribution in [0.3, 0.4) is 0 Å². The van der Waals surface area contributed by atoms with Crippen LogP contribution in [0.5, 0.6) is 0 Å². The first-order chi connectivity index (χ1) is 14.6. The van der Waals surface area contributed by atoms with E-state index in [-0.39, 0.29) is 11.9 Å². The maximum absolute atomic E-state index is 11.9. The predicted molar refractivity (Wildman–Crippen MR) is 122 cm³/mol. The fraction of sp³-hybridized carbons (Fsp3) is 0.682. The summed E-state index contributed by atoms with van der Waals surface area (Å²) in [5.74, 6) is 2.08. The molecule has 166 valence electrons. The molecule has 0 radical (unpaired) electrons. The summed E-state index contributed by atoms with van der Waals surface area (Å²) in [6.07, 6.45) is 3.41. The van der Waals surface area contributed by atoms with Gasteiger partial charge in [0.1, 0.15) is 5.82 Å². The highest BCUT2D eigenvalue weighted by molar-refractivity contribution is 5.80. The van der Waals surface area contributed by atoms with Crippen LogP contribution in [0.15, 0.2) is 23.3 Å². The lowest BCUT2D eigenvalue weighted by Crippen LogP contribution is -2.46. The van der Waals surface area contributed by atoms with Crippen molar-refractivity contribution >= 4 is 17.7 Å². The first kappa shape index (κ1) is 22.3. The Morgan fingerprint density at radius 2 is 2.00 bits per heavy atom. The van der Waals surface area contributed by atoms with E-state index in [1.165, 1.54) is 0 Å². The molecule has 0 aliphatic carbocycles. The van der Waals surface area contributed by atoms with E-state index < -0.39 is 0 Å². The molecule has 8 nitrogen and oxygen atoms in total. The third-order valence-corrected chi connectivity index (χ3v) is 5.90. The molecule has 2 aliphatic rings. The Labute approximate surface area is 180 Å². The van der Waals surface area contributed by atoms with Crippen molar-refractivity contribution in [1.29, 1.82) is 0 Å². The summed E-state index contributed by atoms with van der Waals surface area (Å²) in [4.78, 5) is 28.1. The quantitative estimate of drug-likeness (QED) is 0.516. The average molecular weight is 416 g/mol. The van der Waals surface area contributed by atoms with Crippen LogP contribution in [0.2, 0.25) is 0 Å². The van der Waals surface area contributed by atoms with E-state index in [0.29, 0.717) is 13.0 Å². The molecule has 2 saturated heterocycles. The Morgan fingerprint density at radius 1 is 1.20 bits per heavy atom. The number of nitrogens with zero attached hydrogens (tertiary/aromatic N) is 5. The number of hydrogen-bond acceptors (Lipinski definition) is 5. The molecule has 0 saturated carbocycles. The normalized spacial score (nSPS) is 20.5. The van der Waals surface area contributed by atoms with E-state index in [0.717, 1.165) is 76.1 Å². The van der Waals surface area contributed by atoms with Gasteiger partial charge in [-0.05, 0) is 37.6 Å². The number of pyridine rings is 1. The molecule has 1 unspecified atom stereocenters. The molecule has 1 aromatic rings. The van der Waals surface area contributed by atoms with Gasteiger partial charge < -0.3 is 25.3 Å². The van der Waals surface area contributed by atoms with Crippen LogP contribution in [-0.4, -0.2) is 85.1 Å². The zero-order valence-corrected chi connectivity index (χ0v) is 18.7. The lowest BCUT2D eigenvalue weighted by atomic mass is 10.2. The van der Waals surface area contributed by atoms with Gasteiger partial charge in [0.2, 0.25) is 5.91 Å². The van der Waals surface area contributed by atoms with Gasteiger partial charge in [-0.15, -0.1) is 0 Å². The average Bonchev–Trinajstić information content (AvgIpc) is 3.26. The van der Waals surface area contributed by atoms with Crippen LogP contribution < -0.4 is 15.5 Å². The molecule has 2 fully saturated rings. The highest BCUT2D eigenvalue weighted by atomic mass is 16.2. The van der Waals surface area contributed by atoms with Crippen LogP contribution in [0, 0.1) is 0 Å². The fourth-order valence-electron chi connectivity index (χ4n) is 4.04. The van der Waals surface area contributed by atoms with Crippen LogP contribution in [-0.2, 0) is 11.3 Å². The second-order valence-electron chi connectivity index (χ2n) is 7.96. The number of hydrogen-bond donors (Lipinski definition) is 2. The highest BCUT2D eigenvalue weighted by Gasteiger charge is 2.25. The lowest BCUT2D eigenvalue weighted by molar-refractivity contribution is -0.129. The summed E-state index contributed by atoms with van der Waals surface area (Å²) in [7, 11) is 0. The summed E-state index contributed by atoms with van der Waals surface area (Å²) in [6, 6.07) is 4.45. The SMILES string of the molecule is CCNC(=NCc1ccnc(N2CCN(CC)CC2)c1)NC1CCN(C(=O)CC)C1. The standard InChI is InChI=1S/C22H37N7O/c1-4-21(30)29-10-8-19(17-29)26-22(23-5-2)25-16-18-7-9-24-20(15-18)28-13-11-27(6-3)12-14-28/h7,9,15,19H,4-6,8,10-14,16-17H2,1-3H3,(H2,23,25,26). The molecule has 1 atom stereocenters. The Kier molecular flexibility index (Phi) is 8.30. The number of aliphatic imine (C=N–C) groups is 1. The molecular weight excluding hydrogens is 378 g/mol. The van der Waals surface area contributed by atoms with E-state index in [2.05, 4.69) is 45.3 Å². The third-order valence-electron chi connectivity index (χ3n) is 5.90. The molecule has 2 aliphatic heterocycles. The van der Waals surface area contributed by atoms with Gasteiger partial charge in [-0.2, -0.15) is 0 Å². The van der Waals surface area contributed by atoms with Gasteiger partial charge in [-0.1, -0.05) is 13.8 Å². The Morgan fingerprint density at radius 3 is 2.70 bits per heavy atom. The van der Waals surface area contributed by atoms with E-state index in [9.17, 15) is 4.79 Å². The molecular formula is C22H37N7O. The number of rotatable bonds is 7. The number of guanidine groups is 1. The molecule has 2 N–H and O–H groups in total. The van der Waals surface area contributed by atoms with Crippen LogP contribution in [0.1, 0.15) is 39.2 Å². The molecule has 1 aromatic heterocycles. The van der Waals surface area contributed by atoms with Crippen molar-refractivity contribution < 1.29 is 4.79 Å². The molecule has 30 heavy (non-hydrogen) atoms. The van der Waals surface area contributed by atoms with Crippen molar-refractivity contribution in [3.8, 4) is 0 Å². The fourth-order valence-corrected chi connectivity index (χ4v) is 4.04. The minimum atomic E-state index is 0.227. The minimum Gasteiger partial charge on any atom is -0.357 e. The van der Waals surface area contributed by atoms with Gasteiger partial charge in [-0.3, -0.25) is 4.79 Å². The zero-order valence-electron chi connectivity index (χ0n) is 18.7. The van der Waals surface area contributed by atoms with E-state index in [1.807, 2.05) is 24.1 Å². The van der Waals surface area contributed by atoms with E-state index in [4.69, 9.17) is 4.99 Å². The largest absolute Gasteiger partial charge is 0.357 e. The topological polar surface area (TPSA) is 76.1 Å². The Hall–Kier alpha value is -2.35. The lowest BCUT2D eigenvalue weighted by Gasteiger charge is -2.34. The van der Waals surface area contributed by atoms with Gasteiger partial charge in [0.05, 0.1) is 6.54 Å². The molecule has 0 aromatic carbocycles. The summed E-state index contributed by atoms with van der Waals surface area (Å²) in [6.45, 7) is 14.5. The highest BCUT2D eigenvalue weighted by Crippen LogP contribution is 2.16. The van der Waals surface area contributed by atoms with Crippen LogP contribution in [0.4, 0.5) is 5.82 Å². The van der Waals surface area contributed by atoms with Gasteiger partial charge in [-0.25, -0.2) is 9.98 Å². The van der Waals surface area contributed by atoms with Gasteiger partial charge >= 0.3 is 0 Å². The number of nitrogens with one attached hydrogen (secondary N) is 2. The second kappa shape index (κ2) is 11.2. The Bertz CT molecular complexity index is 715. The smallest absolute Gasteiger partial charge is 0.222 e. The number of aromatic nitrogens is 1. The third kappa shape index (κ3) is 6.08. The summed E-state index contributed by atoms with van der Waals surface area (Å²) >= 11 is 0. The molecule has 8 heteroatoms. The van der Waals surface area contributed by atoms with E-state index in [1.54, 1.807) is 0 Å². The van der Waals surface area contributed by atoms with Gasteiger partial charge in [0.15, 0.2) is 5.96 Å². The van der Waals surface area contributed by atoms with Gasteiger partial charge in [0, 0.05) is 64.5 Å². The van der Waals surface area contributed by atoms with Crippen LogP contribution >= 0.6 is 0 Å². The van der Waals surface area contributed by atoms with Crippen molar-refractivity contribution in [1.82, 2.24) is 25.4 Å². The number of anilines is 1. The van der Waals surface area contributed by atoms with E-state index >= 15 is 0 Å². The maximum atomic E-state index is 11.9. The van der Waals surface area contributed by atoms with Crippen LogP contribution in [0.25, 0.3) is 0 Å². The van der Waals surface area contributed by atoms with Gasteiger partial charge in [0.25, 0.3) is 0 Å². The second-order valence-corrected chi connectivity index (χ2v) is 7.96. The summed E-state index contributed by atoms with van der Waals surface area (Å²) in [5.41, 5.74) is 1.16. The monoisotopic (exact) mass is 415 g/mol. The molecule has 3 rings (SSSR count). The number of carbonyl (C=O) groups excluding carboxylic acids is 1. The van der Waals surface area contributed by atoms with Crippen molar-refractivity contribution in [2.24, 2.45) is 4.99 Å². The zero-order chi connectivity index (χ0) is 21.3. The van der Waals surface area contributed by atoms with Crippen molar-refractivity contribution in [2.75, 3.05) is 57.3 Å². The number of likely N-dealkylation sites (N-methyl/N-ethyl adjacent to an activating group) is 1. The molecule has 0 spiro atoms. The molecule has 0 bridgehead atoms.